The number of hydrogen-bond donors (Lipinski definition) is 0. The van der Waals surface area contributed by atoms with Crippen LogP contribution >= 0.6 is 0 Å². The van der Waals surface area contributed by atoms with Crippen LogP contribution in [-0.2, 0) is 0 Å². The second-order valence-electron chi connectivity index (χ2n) is 16.8. The maximum Gasteiger partial charge on any atom is 0.143 e. The van der Waals surface area contributed by atoms with Gasteiger partial charge in [-0.05, 0) is 213 Å². The van der Waals surface area contributed by atoms with Gasteiger partial charge >= 0.3 is 0 Å². The summed E-state index contributed by atoms with van der Waals surface area (Å²) in [6.07, 6.45) is 0. The van der Waals surface area contributed by atoms with Gasteiger partial charge in [0, 0.05) is 72.5 Å². The van der Waals surface area contributed by atoms with Crippen molar-refractivity contribution in [2.24, 2.45) is 0 Å². The molecule has 11 aromatic rings. The van der Waals surface area contributed by atoms with E-state index in [2.05, 4.69) is 142 Å². The van der Waals surface area contributed by atoms with Gasteiger partial charge in [-0.15, -0.1) is 0 Å². The Balaban J connectivity index is 1.01. The van der Waals surface area contributed by atoms with Crippen LogP contribution in [0.4, 0.5) is 42.9 Å². The molecule has 0 fully saturated rings. The molecular weight excluding hydrogens is 771 g/mol. The summed E-state index contributed by atoms with van der Waals surface area (Å²) in [5.41, 5.74) is 16.2. The Morgan fingerprint density at radius 2 is 0.677 bits per heavy atom. The minimum absolute atomic E-state index is 0.270. The molecule has 11 rings (SSSR count). The molecule has 6 heteroatoms. The average Bonchev–Trinajstić information content (AvgIpc) is 3.82. The van der Waals surface area contributed by atoms with Crippen LogP contribution < -0.4 is 9.80 Å². The van der Waals surface area contributed by atoms with Crippen molar-refractivity contribution in [1.82, 2.24) is 0 Å². The van der Waals surface area contributed by atoms with Crippen LogP contribution in [-0.4, -0.2) is 0 Å². The van der Waals surface area contributed by atoms with E-state index >= 15 is 0 Å². The Bertz CT molecular complexity index is 3340. The van der Waals surface area contributed by atoms with E-state index in [0.29, 0.717) is 0 Å². The number of benzene rings is 9. The molecule has 0 bridgehead atoms. The molecule has 0 saturated heterocycles. The van der Waals surface area contributed by atoms with Gasteiger partial charge in [0.15, 0.2) is 0 Å². The lowest BCUT2D eigenvalue weighted by Crippen LogP contribution is -2.11. The van der Waals surface area contributed by atoms with Crippen LogP contribution in [0.25, 0.3) is 65.4 Å². The third kappa shape index (κ3) is 6.00. The Morgan fingerprint density at radius 1 is 0.323 bits per heavy atom. The van der Waals surface area contributed by atoms with Crippen molar-refractivity contribution in [3.8, 4) is 0 Å². The number of rotatable bonds is 6. The van der Waals surface area contributed by atoms with E-state index in [1.54, 1.807) is 0 Å². The zero-order valence-corrected chi connectivity index (χ0v) is 35.3. The quantitative estimate of drug-likeness (QED) is 0.167. The molecule has 0 N–H and O–H groups in total. The number of halogens is 2. The Morgan fingerprint density at radius 3 is 1.06 bits per heavy atom. The van der Waals surface area contributed by atoms with E-state index in [-0.39, 0.29) is 11.6 Å². The van der Waals surface area contributed by atoms with Gasteiger partial charge in [-0.3, -0.25) is 0 Å². The molecule has 2 heterocycles. The highest BCUT2D eigenvalue weighted by atomic mass is 19.1. The monoisotopic (exact) mass is 812 g/mol. The molecule has 2 aromatic heterocycles. The van der Waals surface area contributed by atoms with Crippen molar-refractivity contribution in [1.29, 1.82) is 0 Å². The van der Waals surface area contributed by atoms with E-state index in [4.69, 9.17) is 8.83 Å². The van der Waals surface area contributed by atoms with Crippen molar-refractivity contribution < 1.29 is 17.6 Å². The van der Waals surface area contributed by atoms with Gasteiger partial charge in [0.1, 0.15) is 34.0 Å². The molecule has 9 aromatic carbocycles. The summed E-state index contributed by atoms with van der Waals surface area (Å²) in [6.45, 7) is 12.8. The topological polar surface area (TPSA) is 32.8 Å². The van der Waals surface area contributed by atoms with Gasteiger partial charge in [0.25, 0.3) is 0 Å². The molecule has 0 unspecified atom stereocenters. The fourth-order valence-corrected chi connectivity index (χ4v) is 9.23. The first-order chi connectivity index (χ1) is 30.0. The highest BCUT2D eigenvalue weighted by Gasteiger charge is 2.21. The predicted octanol–water partition coefficient (Wildman–Crippen LogP) is 16.9. The summed E-state index contributed by atoms with van der Waals surface area (Å²) in [4.78, 5) is 4.36. The summed E-state index contributed by atoms with van der Waals surface area (Å²) in [5.74, 6) is -0.540. The van der Waals surface area contributed by atoms with Crippen molar-refractivity contribution in [2.75, 3.05) is 9.80 Å². The highest BCUT2D eigenvalue weighted by molar-refractivity contribution is 6.22. The number of hydrogen-bond acceptors (Lipinski definition) is 4. The predicted molar refractivity (Wildman–Crippen MR) is 254 cm³/mol. The zero-order chi connectivity index (χ0) is 42.6. The smallest absolute Gasteiger partial charge is 0.143 e. The van der Waals surface area contributed by atoms with Crippen molar-refractivity contribution in [2.45, 2.75) is 41.5 Å². The van der Waals surface area contributed by atoms with E-state index in [0.717, 1.165) is 99.5 Å². The van der Waals surface area contributed by atoms with E-state index in [9.17, 15) is 8.78 Å². The number of fused-ring (bicyclic) bond motifs is 10. The zero-order valence-electron chi connectivity index (χ0n) is 35.3. The SMILES string of the molecule is Cc1cc(N(c2ccc(F)cc2)c2ccc3c(ccc4c5cc6c(cc5oc34)oc3c4ccc(N(c5ccc(F)cc5)c5cc(C)c(C)c(C)c5)cc4ccc63)c2)cc(C)c1C. The molecular formula is C56H42F2N2O2. The Hall–Kier alpha value is -7.44. The molecule has 62 heavy (non-hydrogen) atoms. The summed E-state index contributed by atoms with van der Waals surface area (Å²) < 4.78 is 41.6. The van der Waals surface area contributed by atoms with Gasteiger partial charge in [0.2, 0.25) is 0 Å². The lowest BCUT2D eigenvalue weighted by atomic mass is 10.0. The van der Waals surface area contributed by atoms with Crippen molar-refractivity contribution in [3.05, 3.63) is 191 Å². The molecule has 0 aliphatic heterocycles. The molecule has 0 atom stereocenters. The maximum absolute atomic E-state index is 14.1. The Labute approximate surface area is 357 Å². The fourth-order valence-electron chi connectivity index (χ4n) is 9.23. The number of aryl methyl sites for hydroxylation is 4. The molecule has 0 aliphatic carbocycles. The van der Waals surface area contributed by atoms with Gasteiger partial charge < -0.3 is 18.6 Å². The van der Waals surface area contributed by atoms with E-state index < -0.39 is 0 Å². The van der Waals surface area contributed by atoms with Crippen LogP contribution in [0.3, 0.4) is 0 Å². The third-order valence-corrected chi connectivity index (χ3v) is 13.0. The number of nitrogens with zero attached hydrogens (tertiary/aromatic N) is 2. The van der Waals surface area contributed by atoms with Crippen LogP contribution in [0.15, 0.2) is 154 Å². The minimum Gasteiger partial charge on any atom is -0.455 e. The normalized spacial score (nSPS) is 11.9. The van der Waals surface area contributed by atoms with Crippen LogP contribution in [0.1, 0.15) is 33.4 Å². The second-order valence-corrected chi connectivity index (χ2v) is 16.8. The molecule has 302 valence electrons. The third-order valence-electron chi connectivity index (χ3n) is 13.0. The fraction of sp³-hybridized carbons (Fsp3) is 0.107. The van der Waals surface area contributed by atoms with E-state index in [1.165, 1.54) is 57.6 Å². The first-order valence-electron chi connectivity index (χ1n) is 20.9. The molecule has 0 aliphatic rings. The first kappa shape index (κ1) is 37.6. The summed E-state index contributed by atoms with van der Waals surface area (Å²) >= 11 is 0. The molecule has 4 nitrogen and oxygen atoms in total. The number of anilines is 6. The van der Waals surface area contributed by atoms with Crippen LogP contribution in [0.5, 0.6) is 0 Å². The lowest BCUT2D eigenvalue weighted by Gasteiger charge is -2.27. The molecule has 0 spiro atoms. The average molecular weight is 813 g/mol. The van der Waals surface area contributed by atoms with Gasteiger partial charge in [-0.1, -0.05) is 12.1 Å². The van der Waals surface area contributed by atoms with Gasteiger partial charge in [-0.25, -0.2) is 8.78 Å². The van der Waals surface area contributed by atoms with Crippen LogP contribution in [0.2, 0.25) is 0 Å². The first-order valence-corrected chi connectivity index (χ1v) is 20.9. The molecule has 0 amide bonds. The van der Waals surface area contributed by atoms with Crippen molar-refractivity contribution in [3.63, 3.8) is 0 Å². The van der Waals surface area contributed by atoms with Gasteiger partial charge in [-0.2, -0.15) is 0 Å². The molecule has 0 radical (unpaired) electrons. The minimum atomic E-state index is -0.270. The largest absolute Gasteiger partial charge is 0.455 e. The van der Waals surface area contributed by atoms with Crippen molar-refractivity contribution >= 4 is 99.5 Å². The Kier molecular flexibility index (Phi) is 8.52. The summed E-state index contributed by atoms with van der Waals surface area (Å²) in [7, 11) is 0. The standard InChI is InChI=1S/C56H42F2N2O2/c1-31-23-45(24-32(2)35(31)5)59(41-13-9-39(57)10-14-41)43-17-21-47-37(27-43)7-19-49-51-29-52-50-20-8-38-28-44(18-22-48(38)56(50)62-54(52)30-53(51)61-55(47)49)60(42-15-11-40(58)12-16-42)46-25-33(3)36(6)34(4)26-46/h7-30H,1-6H3. The van der Waals surface area contributed by atoms with Crippen LogP contribution in [0, 0.1) is 53.2 Å². The maximum atomic E-state index is 14.1. The lowest BCUT2D eigenvalue weighted by molar-refractivity contribution is 0.627. The summed E-state index contributed by atoms with van der Waals surface area (Å²) in [6, 6.07) is 47.7. The number of furan rings is 2. The summed E-state index contributed by atoms with van der Waals surface area (Å²) in [5, 5.41) is 8.19. The van der Waals surface area contributed by atoms with Gasteiger partial charge in [0.05, 0.1) is 0 Å². The van der Waals surface area contributed by atoms with E-state index in [1.807, 2.05) is 30.3 Å². The molecule has 0 saturated carbocycles. The highest BCUT2D eigenvalue weighted by Crippen LogP contribution is 2.44. The second kappa shape index (κ2) is 14.1.